The first-order valence-electron chi connectivity index (χ1n) is 8.82. The van der Waals surface area contributed by atoms with E-state index < -0.39 is 17.6 Å². The molecule has 0 saturated carbocycles. The van der Waals surface area contributed by atoms with Crippen LogP contribution in [0, 0.1) is 5.82 Å². The van der Waals surface area contributed by atoms with Gasteiger partial charge in [-0.05, 0) is 36.4 Å². The summed E-state index contributed by atoms with van der Waals surface area (Å²) in [6.45, 7) is -0.476. The molecule has 0 aromatic heterocycles. The summed E-state index contributed by atoms with van der Waals surface area (Å²) >= 11 is 0. The fraction of sp³-hybridized carbons (Fsp3) is 0.200. The molecule has 1 aliphatic heterocycles. The summed E-state index contributed by atoms with van der Waals surface area (Å²) in [5, 5.41) is 0. The molecule has 2 aromatic carbocycles. The number of carbonyl (C=O) groups excluding carboxylic acids is 4. The van der Waals surface area contributed by atoms with Crippen molar-refractivity contribution in [3.63, 3.8) is 0 Å². The Balaban J connectivity index is 1.46. The van der Waals surface area contributed by atoms with Gasteiger partial charge in [0, 0.05) is 18.4 Å². The molecule has 1 aliphatic rings. The van der Waals surface area contributed by atoms with Gasteiger partial charge >= 0.3 is 0 Å². The molecule has 0 atom stereocenters. The highest BCUT2D eigenvalue weighted by Gasteiger charge is 2.27. The molecule has 0 radical (unpaired) electrons. The number of ketones is 1. The number of anilines is 1. The average molecular weight is 399 g/mol. The first-order valence-corrected chi connectivity index (χ1v) is 8.82. The first-order chi connectivity index (χ1) is 13.9. The molecule has 29 heavy (non-hydrogen) atoms. The van der Waals surface area contributed by atoms with Crippen molar-refractivity contribution in [3.8, 4) is 5.75 Å². The van der Waals surface area contributed by atoms with Crippen molar-refractivity contribution in [3.05, 3.63) is 59.9 Å². The van der Waals surface area contributed by atoms with E-state index in [-0.39, 0.29) is 37.7 Å². The maximum Gasteiger partial charge on any atom is 0.265 e. The van der Waals surface area contributed by atoms with Crippen LogP contribution in [0.4, 0.5) is 10.1 Å². The predicted octanol–water partition coefficient (Wildman–Crippen LogP) is 1.36. The summed E-state index contributed by atoms with van der Waals surface area (Å²) in [5.41, 5.74) is 5.19. The molecule has 0 spiro atoms. The molecule has 3 rings (SSSR count). The second-order valence-corrected chi connectivity index (χ2v) is 6.26. The van der Waals surface area contributed by atoms with Gasteiger partial charge in [-0.3, -0.25) is 34.9 Å². The van der Waals surface area contributed by atoms with Crippen molar-refractivity contribution in [2.24, 2.45) is 0 Å². The van der Waals surface area contributed by atoms with E-state index in [9.17, 15) is 23.6 Å². The highest BCUT2D eigenvalue weighted by atomic mass is 19.1. The molecular formula is C20H18FN3O5. The summed E-state index contributed by atoms with van der Waals surface area (Å²) < 4.78 is 18.2. The van der Waals surface area contributed by atoms with Gasteiger partial charge in [-0.15, -0.1) is 0 Å². The van der Waals surface area contributed by atoms with E-state index in [0.29, 0.717) is 17.0 Å². The Labute approximate surface area is 165 Å². The lowest BCUT2D eigenvalue weighted by Gasteiger charge is -2.28. The number of fused-ring (bicyclic) bond motifs is 1. The minimum Gasteiger partial charge on any atom is -0.482 e. The van der Waals surface area contributed by atoms with Gasteiger partial charge in [0.1, 0.15) is 18.1 Å². The lowest BCUT2D eigenvalue weighted by Crippen LogP contribution is -2.49. The molecule has 0 saturated heterocycles. The van der Waals surface area contributed by atoms with E-state index >= 15 is 0 Å². The van der Waals surface area contributed by atoms with E-state index in [4.69, 9.17) is 4.74 Å². The maximum absolute atomic E-state index is 12.9. The van der Waals surface area contributed by atoms with E-state index in [1.54, 1.807) is 24.3 Å². The smallest absolute Gasteiger partial charge is 0.265 e. The van der Waals surface area contributed by atoms with Gasteiger partial charge in [0.25, 0.3) is 11.8 Å². The average Bonchev–Trinajstić information content (AvgIpc) is 2.73. The molecular weight excluding hydrogens is 381 g/mol. The van der Waals surface area contributed by atoms with E-state index in [0.717, 1.165) is 0 Å². The Morgan fingerprint density at radius 2 is 1.66 bits per heavy atom. The van der Waals surface area contributed by atoms with Crippen LogP contribution in [0.2, 0.25) is 0 Å². The number of halogens is 1. The molecule has 150 valence electrons. The molecule has 9 heteroatoms. The Kier molecular flexibility index (Phi) is 6.18. The minimum atomic E-state index is -0.603. The van der Waals surface area contributed by atoms with Gasteiger partial charge in [-0.2, -0.15) is 0 Å². The summed E-state index contributed by atoms with van der Waals surface area (Å²) in [4.78, 5) is 49.2. The van der Waals surface area contributed by atoms with E-state index in [1.165, 1.54) is 29.2 Å². The van der Waals surface area contributed by atoms with Crippen LogP contribution in [0.15, 0.2) is 48.5 Å². The summed E-state index contributed by atoms with van der Waals surface area (Å²) in [5.74, 6) is -1.83. The highest BCUT2D eigenvalue weighted by Crippen LogP contribution is 2.31. The maximum atomic E-state index is 12.9. The van der Waals surface area contributed by atoms with Crippen LogP contribution in [0.5, 0.6) is 5.75 Å². The van der Waals surface area contributed by atoms with Crippen LogP contribution in [0.25, 0.3) is 0 Å². The second-order valence-electron chi connectivity index (χ2n) is 6.26. The predicted molar refractivity (Wildman–Crippen MR) is 101 cm³/mol. The third-order valence-electron chi connectivity index (χ3n) is 4.20. The Bertz CT molecular complexity index is 945. The molecule has 3 amide bonds. The van der Waals surface area contributed by atoms with Crippen LogP contribution in [-0.4, -0.2) is 36.7 Å². The number of ether oxygens (including phenoxy) is 1. The fourth-order valence-corrected chi connectivity index (χ4v) is 2.72. The molecule has 2 aromatic rings. The van der Waals surface area contributed by atoms with Gasteiger partial charge in [-0.25, -0.2) is 4.39 Å². The molecule has 1 heterocycles. The molecule has 0 fully saturated rings. The zero-order valence-electron chi connectivity index (χ0n) is 15.3. The number of nitrogens with zero attached hydrogens (tertiary/aromatic N) is 1. The fourth-order valence-electron chi connectivity index (χ4n) is 2.72. The normalized spacial score (nSPS) is 12.6. The van der Waals surface area contributed by atoms with Crippen molar-refractivity contribution in [2.45, 2.75) is 12.8 Å². The SMILES string of the molecule is O=C(CCC(=O)c1ccc(F)cc1)NNC(=O)CN1C(=O)COc2ccccc21. The zero-order chi connectivity index (χ0) is 20.8. The Morgan fingerprint density at radius 3 is 2.41 bits per heavy atom. The zero-order valence-corrected chi connectivity index (χ0v) is 15.3. The third-order valence-corrected chi connectivity index (χ3v) is 4.20. The summed E-state index contributed by atoms with van der Waals surface area (Å²) in [6.07, 6.45) is -0.252. The second kappa shape index (κ2) is 8.96. The van der Waals surface area contributed by atoms with Gasteiger partial charge in [0.15, 0.2) is 12.4 Å². The molecule has 0 bridgehead atoms. The van der Waals surface area contributed by atoms with Gasteiger partial charge < -0.3 is 4.74 Å². The van der Waals surface area contributed by atoms with E-state index in [1.807, 2.05) is 0 Å². The van der Waals surface area contributed by atoms with Crippen LogP contribution < -0.4 is 20.5 Å². The van der Waals surface area contributed by atoms with Crippen molar-refractivity contribution in [1.29, 1.82) is 0 Å². The number of hydrogen-bond acceptors (Lipinski definition) is 5. The first kappa shape index (κ1) is 20.0. The van der Waals surface area contributed by atoms with Crippen molar-refractivity contribution < 1.29 is 28.3 Å². The number of hydrazine groups is 1. The standard InChI is InChI=1S/C20H18FN3O5/c21-14-7-5-13(6-8-14)16(25)9-10-18(26)22-23-19(27)11-24-15-3-1-2-4-17(15)29-12-20(24)28/h1-8H,9-12H2,(H,22,26)(H,23,27). The van der Waals surface area contributed by atoms with Crippen LogP contribution >= 0.6 is 0 Å². The highest BCUT2D eigenvalue weighted by molar-refractivity contribution is 6.02. The lowest BCUT2D eigenvalue weighted by atomic mass is 10.1. The minimum absolute atomic E-state index is 0.0946. The topological polar surface area (TPSA) is 105 Å². The number of amides is 3. The largest absolute Gasteiger partial charge is 0.482 e. The Morgan fingerprint density at radius 1 is 0.966 bits per heavy atom. The molecule has 0 aliphatic carbocycles. The van der Waals surface area contributed by atoms with Crippen LogP contribution in [0.3, 0.4) is 0 Å². The molecule has 8 nitrogen and oxygen atoms in total. The van der Waals surface area contributed by atoms with Crippen LogP contribution in [0.1, 0.15) is 23.2 Å². The number of rotatable bonds is 6. The molecule has 2 N–H and O–H groups in total. The number of carbonyl (C=O) groups is 4. The van der Waals surface area contributed by atoms with E-state index in [2.05, 4.69) is 10.9 Å². The van der Waals surface area contributed by atoms with Gasteiger partial charge in [0.05, 0.1) is 5.69 Å². The van der Waals surface area contributed by atoms with Crippen molar-refractivity contribution in [1.82, 2.24) is 10.9 Å². The number of benzene rings is 2. The number of Topliss-reactive ketones (excluding diaryl/α,β-unsaturated/α-hetero) is 1. The van der Waals surface area contributed by atoms with Gasteiger partial charge in [0.2, 0.25) is 5.91 Å². The quantitative estimate of drug-likeness (QED) is 0.564. The monoisotopic (exact) mass is 399 g/mol. The number of para-hydroxylation sites is 2. The summed E-state index contributed by atoms with van der Waals surface area (Å²) in [6, 6.07) is 11.8. The Hall–Kier alpha value is -3.75. The van der Waals surface area contributed by atoms with Crippen LogP contribution in [-0.2, 0) is 14.4 Å². The number of nitrogens with one attached hydrogen (secondary N) is 2. The van der Waals surface area contributed by atoms with Gasteiger partial charge in [-0.1, -0.05) is 12.1 Å². The number of hydrogen-bond donors (Lipinski definition) is 2. The summed E-state index contributed by atoms with van der Waals surface area (Å²) in [7, 11) is 0. The van der Waals surface area contributed by atoms with Crippen molar-refractivity contribution in [2.75, 3.05) is 18.1 Å². The molecule has 0 unspecified atom stereocenters. The third kappa shape index (κ3) is 5.16. The van der Waals surface area contributed by atoms with Crippen molar-refractivity contribution >= 4 is 29.2 Å². The lowest BCUT2D eigenvalue weighted by molar-refractivity contribution is -0.129.